The predicted octanol–water partition coefficient (Wildman–Crippen LogP) is 9.05. The number of thiophene rings is 1. The Morgan fingerprint density at radius 1 is 0.806 bits per heavy atom. The number of aromatic nitrogens is 5. The molecule has 1 unspecified atom stereocenters. The number of hydrogen-bond acceptors (Lipinski definition) is 11. The molecule has 3 aromatic carbocycles. The molecular formula is C53H56FN9O8S. The number of amides is 4. The van der Waals surface area contributed by atoms with E-state index in [1.54, 1.807) is 28.6 Å². The predicted molar refractivity (Wildman–Crippen MR) is 268 cm³/mol. The number of aromatic amines is 2. The fourth-order valence-electron chi connectivity index (χ4n) is 10.9. The molecule has 7 aromatic rings. The number of hydrogen-bond donors (Lipinski definition) is 4. The summed E-state index contributed by atoms with van der Waals surface area (Å²) in [6.45, 7) is 5.16. The number of carbonyl (C=O) groups excluding carboxylic acids is 4. The van der Waals surface area contributed by atoms with E-state index in [4.69, 9.17) is 28.9 Å². The molecule has 72 heavy (non-hydrogen) atoms. The van der Waals surface area contributed by atoms with E-state index in [2.05, 4.69) is 67.6 Å². The third-order valence-corrected chi connectivity index (χ3v) is 15.8. The van der Waals surface area contributed by atoms with E-state index >= 15 is 4.39 Å². The number of benzene rings is 3. The number of alkyl halides is 1. The molecule has 4 amide bonds. The van der Waals surface area contributed by atoms with Crippen molar-refractivity contribution in [2.45, 2.75) is 82.5 Å². The standard InChI is InChI=1S/C53H56FN9O8S/c1-28(2)45(59-52(66)68-3)49(64)61-17-7-9-39(61)47-55-26-37(57-47)31-11-13-35-40-21-33-20-30(12-14-38(33)63(40)51(71-42(35)22-31)44-23-32-8-5-6-10-43(32)72-44)36-25-56-48(58-36)41-24-34(54)27-62(41)50(65)46(60-53(67)69-4)29-15-18-70-19-16-29/h5-6,8,10-14,20-23,25-26,28-29,34,39,41,45-46,51H,7,9,15-19,24,27H2,1-4H3,(H,55,57)(H,56,58)(H,59,66)(H,60,67)/t34-,39+,41+,45+,46+,51?/m1/s1. The van der Waals surface area contributed by atoms with Crippen molar-refractivity contribution in [2.75, 3.05) is 40.5 Å². The molecule has 0 spiro atoms. The van der Waals surface area contributed by atoms with Gasteiger partial charge in [-0.25, -0.2) is 23.9 Å². The largest absolute Gasteiger partial charge is 0.464 e. The van der Waals surface area contributed by atoms with Gasteiger partial charge in [-0.3, -0.25) is 14.2 Å². The van der Waals surface area contributed by atoms with E-state index in [0.29, 0.717) is 55.7 Å². The molecule has 4 aromatic heterocycles. The molecule has 4 aliphatic rings. The molecule has 0 aliphatic carbocycles. The van der Waals surface area contributed by atoms with Gasteiger partial charge in [-0.2, -0.15) is 0 Å². The number of nitrogens with zero attached hydrogens (tertiary/aromatic N) is 5. The Morgan fingerprint density at radius 3 is 2.25 bits per heavy atom. The second-order valence-corrected chi connectivity index (χ2v) is 20.5. The average Bonchev–Trinajstić information content (AvgIpc) is 4.27. The van der Waals surface area contributed by atoms with Gasteiger partial charge in [0.25, 0.3) is 0 Å². The number of nitrogens with one attached hydrogen (secondary N) is 4. The summed E-state index contributed by atoms with van der Waals surface area (Å²) in [7, 11) is 2.54. The minimum atomic E-state index is -1.26. The summed E-state index contributed by atoms with van der Waals surface area (Å²) in [4.78, 5) is 73.5. The smallest absolute Gasteiger partial charge is 0.407 e. The Bertz CT molecular complexity index is 3160. The fourth-order valence-corrected chi connectivity index (χ4v) is 12.0. The number of imidazole rings is 2. The van der Waals surface area contributed by atoms with Crippen molar-refractivity contribution in [3.63, 3.8) is 0 Å². The Balaban J connectivity index is 0.900. The van der Waals surface area contributed by atoms with Gasteiger partial charge in [0.05, 0.1) is 72.7 Å². The van der Waals surface area contributed by atoms with Crippen LogP contribution in [0.3, 0.4) is 0 Å². The quantitative estimate of drug-likeness (QED) is 0.0970. The van der Waals surface area contributed by atoms with Crippen LogP contribution in [0.2, 0.25) is 0 Å². The number of halogens is 1. The van der Waals surface area contributed by atoms with Crippen LogP contribution in [-0.2, 0) is 23.8 Å². The molecule has 6 atom stereocenters. The number of rotatable bonds is 11. The molecule has 4 N–H and O–H groups in total. The van der Waals surface area contributed by atoms with Gasteiger partial charge in [-0.1, -0.05) is 44.2 Å². The van der Waals surface area contributed by atoms with Crippen molar-refractivity contribution in [1.82, 2.24) is 44.9 Å². The van der Waals surface area contributed by atoms with Crippen LogP contribution in [0, 0.1) is 11.8 Å². The first-order valence-corrected chi connectivity index (χ1v) is 25.3. The molecule has 3 saturated heterocycles. The average molecular weight is 998 g/mol. The maximum absolute atomic E-state index is 15.3. The highest BCUT2D eigenvalue weighted by Gasteiger charge is 2.44. The minimum Gasteiger partial charge on any atom is -0.464 e. The highest BCUT2D eigenvalue weighted by atomic mass is 32.1. The Labute approximate surface area is 418 Å². The normalized spacial score (nSPS) is 20.8. The van der Waals surface area contributed by atoms with Crippen molar-refractivity contribution in [2.24, 2.45) is 11.8 Å². The van der Waals surface area contributed by atoms with Gasteiger partial charge >= 0.3 is 12.2 Å². The molecule has 3 fully saturated rings. The van der Waals surface area contributed by atoms with Crippen LogP contribution in [0.1, 0.15) is 80.8 Å². The van der Waals surface area contributed by atoms with Crippen LogP contribution < -0.4 is 15.4 Å². The van der Waals surface area contributed by atoms with Gasteiger partial charge in [-0.05, 0) is 85.4 Å². The van der Waals surface area contributed by atoms with Crippen molar-refractivity contribution >= 4 is 56.3 Å². The second kappa shape index (κ2) is 19.4. The zero-order valence-corrected chi connectivity index (χ0v) is 41.2. The van der Waals surface area contributed by atoms with Crippen LogP contribution >= 0.6 is 11.3 Å². The van der Waals surface area contributed by atoms with Gasteiger partial charge in [0, 0.05) is 53.0 Å². The van der Waals surface area contributed by atoms with Crippen LogP contribution in [0.5, 0.6) is 5.75 Å². The Hall–Kier alpha value is -7.25. The molecule has 0 bridgehead atoms. The molecular weight excluding hydrogens is 942 g/mol. The summed E-state index contributed by atoms with van der Waals surface area (Å²) in [6.07, 6.45) is 3.15. The first-order chi connectivity index (χ1) is 35.0. The van der Waals surface area contributed by atoms with Gasteiger partial charge in [0.15, 0.2) is 0 Å². The lowest BCUT2D eigenvalue weighted by molar-refractivity contribution is -0.137. The number of carbonyl (C=O) groups is 4. The zero-order valence-electron chi connectivity index (χ0n) is 40.4. The summed E-state index contributed by atoms with van der Waals surface area (Å²) >= 11 is 1.69. The monoisotopic (exact) mass is 997 g/mol. The van der Waals surface area contributed by atoms with Crippen LogP contribution in [0.25, 0.3) is 54.8 Å². The zero-order chi connectivity index (χ0) is 49.8. The maximum atomic E-state index is 15.3. The van der Waals surface area contributed by atoms with Crippen LogP contribution in [0.4, 0.5) is 14.0 Å². The third kappa shape index (κ3) is 8.71. The van der Waals surface area contributed by atoms with E-state index in [1.165, 1.54) is 19.1 Å². The van der Waals surface area contributed by atoms with Crippen molar-refractivity contribution < 1.29 is 42.5 Å². The first-order valence-electron chi connectivity index (χ1n) is 24.5. The highest BCUT2D eigenvalue weighted by Crippen LogP contribution is 2.48. The van der Waals surface area contributed by atoms with Crippen molar-refractivity contribution in [3.8, 4) is 39.5 Å². The van der Waals surface area contributed by atoms with Gasteiger partial charge < -0.3 is 49.3 Å². The van der Waals surface area contributed by atoms with E-state index in [0.717, 1.165) is 66.8 Å². The molecule has 11 rings (SSSR count). The molecule has 17 nitrogen and oxygen atoms in total. The van der Waals surface area contributed by atoms with Crippen molar-refractivity contribution in [3.05, 3.63) is 102 Å². The number of H-pyrrole nitrogens is 2. The van der Waals surface area contributed by atoms with Gasteiger partial charge in [0.2, 0.25) is 18.0 Å². The topological polar surface area (TPSA) is 198 Å². The minimum absolute atomic E-state index is 0.0705. The fraction of sp³-hybridized carbons (Fsp3) is 0.396. The van der Waals surface area contributed by atoms with Crippen LogP contribution in [-0.4, -0.2) is 117 Å². The van der Waals surface area contributed by atoms with Crippen molar-refractivity contribution in [1.29, 1.82) is 0 Å². The number of fused-ring (bicyclic) bond motifs is 6. The lowest BCUT2D eigenvalue weighted by atomic mass is 9.90. The molecule has 8 heterocycles. The summed E-state index contributed by atoms with van der Waals surface area (Å²) in [5, 5.41) is 7.54. The summed E-state index contributed by atoms with van der Waals surface area (Å²) < 4.78 is 41.0. The van der Waals surface area contributed by atoms with E-state index in [1.807, 2.05) is 44.2 Å². The second-order valence-electron chi connectivity index (χ2n) is 19.4. The maximum Gasteiger partial charge on any atom is 0.407 e. The van der Waals surface area contributed by atoms with Gasteiger partial charge in [0.1, 0.15) is 35.7 Å². The van der Waals surface area contributed by atoms with Crippen LogP contribution in [0.15, 0.2) is 85.2 Å². The lowest BCUT2D eigenvalue weighted by Gasteiger charge is -2.34. The molecule has 374 valence electrons. The Kier molecular flexibility index (Phi) is 12.7. The number of methoxy groups -OCH3 is 2. The summed E-state index contributed by atoms with van der Waals surface area (Å²) in [5.74, 6) is 0.965. The lowest BCUT2D eigenvalue weighted by Crippen LogP contribution is -2.53. The summed E-state index contributed by atoms with van der Waals surface area (Å²) in [6, 6.07) is 22.4. The molecule has 0 saturated carbocycles. The molecule has 0 radical (unpaired) electrons. The van der Waals surface area contributed by atoms with E-state index in [9.17, 15) is 19.2 Å². The molecule has 4 aliphatic heterocycles. The highest BCUT2D eigenvalue weighted by molar-refractivity contribution is 7.19. The number of ether oxygens (including phenoxy) is 4. The number of alkyl carbamates (subject to hydrolysis) is 2. The Morgan fingerprint density at radius 2 is 1.51 bits per heavy atom. The SMILES string of the molecule is COC(=O)N[C@H](C(=O)N1CCC[C@H]1c1ncc(-c2ccc3c(c2)OC(c2cc4ccccc4s2)n2c-3cc3cc(-c4cnc([C@@H]5C[C@@H](F)CN5C(=O)[C@@H](NC(=O)OC)C5CCOCC5)[nH]4)ccc32)[nH]1)C(C)C. The molecule has 19 heteroatoms. The van der Waals surface area contributed by atoms with E-state index in [-0.39, 0.29) is 42.7 Å². The number of likely N-dealkylation sites (tertiary alicyclic amines) is 2. The van der Waals surface area contributed by atoms with E-state index < -0.39 is 42.7 Å². The third-order valence-electron chi connectivity index (χ3n) is 14.6. The first kappa shape index (κ1) is 47.1. The van der Waals surface area contributed by atoms with Gasteiger partial charge in [-0.15, -0.1) is 11.3 Å². The summed E-state index contributed by atoms with van der Waals surface area (Å²) in [5.41, 5.74) is 6.07.